The number of aryl methyl sites for hydroxylation is 1. The van der Waals surface area contributed by atoms with Crippen LogP contribution >= 0.6 is 0 Å². The Bertz CT molecular complexity index is 505. The Hall–Kier alpha value is -2.09. The fraction of sp³-hybridized carbons (Fsp3) is 0.615. The van der Waals surface area contributed by atoms with E-state index >= 15 is 0 Å². The molecule has 0 saturated carbocycles. The fourth-order valence-corrected chi connectivity index (χ4v) is 1.56. The lowest BCUT2D eigenvalue weighted by molar-refractivity contribution is 0.0527. The van der Waals surface area contributed by atoms with Gasteiger partial charge in [0.25, 0.3) is 0 Å². The summed E-state index contributed by atoms with van der Waals surface area (Å²) in [6.45, 7) is 6.81. The van der Waals surface area contributed by atoms with Crippen molar-refractivity contribution in [2.75, 3.05) is 13.1 Å². The molecular weight excluding hydrogens is 276 g/mol. The van der Waals surface area contributed by atoms with E-state index in [0.717, 1.165) is 5.69 Å². The van der Waals surface area contributed by atoms with Gasteiger partial charge in [-0.15, -0.1) is 0 Å². The maximum Gasteiger partial charge on any atom is 0.407 e. The third kappa shape index (κ3) is 6.26. The molecule has 1 rings (SSSR count). The molecule has 0 aliphatic carbocycles. The number of hydrogen-bond donors (Lipinski definition) is 3. The summed E-state index contributed by atoms with van der Waals surface area (Å²) in [5.41, 5.74) is 0.255. The standard InChI is InChI=1S/C13H22N4O4/c1-13(2,3)21-12(20)15-6-5-14-8-9-7-10(11(18)19)16-17(9)4/h7,14H,5-6,8H2,1-4H3,(H,15,20)(H,18,19). The quantitative estimate of drug-likeness (QED) is 0.669. The van der Waals surface area contributed by atoms with Crippen LogP contribution in [-0.4, -0.2) is 45.6 Å². The first-order chi connectivity index (χ1) is 9.69. The van der Waals surface area contributed by atoms with Crippen molar-refractivity contribution < 1.29 is 19.4 Å². The highest BCUT2D eigenvalue weighted by Crippen LogP contribution is 2.06. The average Bonchev–Trinajstić information content (AvgIpc) is 2.68. The lowest BCUT2D eigenvalue weighted by Gasteiger charge is -2.19. The van der Waals surface area contributed by atoms with Crippen molar-refractivity contribution in [3.8, 4) is 0 Å². The fourth-order valence-electron chi connectivity index (χ4n) is 1.56. The zero-order chi connectivity index (χ0) is 16.0. The van der Waals surface area contributed by atoms with Crippen LogP contribution in [0.1, 0.15) is 37.0 Å². The summed E-state index contributed by atoms with van der Waals surface area (Å²) >= 11 is 0. The van der Waals surface area contributed by atoms with Gasteiger partial charge in [-0.1, -0.05) is 0 Å². The SMILES string of the molecule is Cn1nc(C(=O)O)cc1CNCCNC(=O)OC(C)(C)C. The molecule has 0 bridgehead atoms. The second-order valence-electron chi connectivity index (χ2n) is 5.56. The molecule has 0 saturated heterocycles. The van der Waals surface area contributed by atoms with Crippen LogP contribution in [0.2, 0.25) is 0 Å². The second kappa shape index (κ2) is 7.07. The van der Waals surface area contributed by atoms with E-state index in [-0.39, 0.29) is 5.69 Å². The van der Waals surface area contributed by atoms with Crippen molar-refractivity contribution in [2.45, 2.75) is 32.9 Å². The Labute approximate surface area is 123 Å². The largest absolute Gasteiger partial charge is 0.476 e. The van der Waals surface area contributed by atoms with Gasteiger partial charge in [-0.05, 0) is 26.8 Å². The number of amides is 1. The Balaban J connectivity index is 2.26. The minimum absolute atomic E-state index is 0.0150. The van der Waals surface area contributed by atoms with Crippen molar-refractivity contribution in [1.82, 2.24) is 20.4 Å². The minimum Gasteiger partial charge on any atom is -0.476 e. The Morgan fingerprint density at radius 3 is 2.57 bits per heavy atom. The summed E-state index contributed by atoms with van der Waals surface area (Å²) in [5, 5.41) is 18.4. The van der Waals surface area contributed by atoms with Gasteiger partial charge in [-0.25, -0.2) is 9.59 Å². The summed E-state index contributed by atoms with van der Waals surface area (Å²) in [7, 11) is 1.68. The number of rotatable bonds is 6. The second-order valence-corrected chi connectivity index (χ2v) is 5.56. The number of nitrogens with zero attached hydrogens (tertiary/aromatic N) is 2. The topological polar surface area (TPSA) is 105 Å². The highest BCUT2D eigenvalue weighted by Gasteiger charge is 2.15. The lowest BCUT2D eigenvalue weighted by atomic mass is 10.2. The van der Waals surface area contributed by atoms with E-state index in [4.69, 9.17) is 9.84 Å². The number of aromatic carboxylic acids is 1. The maximum absolute atomic E-state index is 11.4. The van der Waals surface area contributed by atoms with Gasteiger partial charge >= 0.3 is 12.1 Å². The van der Waals surface area contributed by atoms with E-state index in [1.165, 1.54) is 10.7 Å². The molecule has 0 aromatic carbocycles. The summed E-state index contributed by atoms with van der Waals surface area (Å²) < 4.78 is 6.61. The van der Waals surface area contributed by atoms with Gasteiger partial charge in [0.15, 0.2) is 5.69 Å². The molecule has 0 fully saturated rings. The zero-order valence-electron chi connectivity index (χ0n) is 12.8. The highest BCUT2D eigenvalue weighted by atomic mass is 16.6. The maximum atomic E-state index is 11.4. The van der Waals surface area contributed by atoms with Gasteiger partial charge in [0.2, 0.25) is 0 Å². The third-order valence-corrected chi connectivity index (χ3v) is 2.47. The van der Waals surface area contributed by atoms with E-state index in [1.54, 1.807) is 27.8 Å². The molecule has 0 atom stereocenters. The number of alkyl carbamates (subject to hydrolysis) is 1. The van der Waals surface area contributed by atoms with E-state index in [0.29, 0.717) is 19.6 Å². The summed E-state index contributed by atoms with van der Waals surface area (Å²) in [5.74, 6) is -1.05. The van der Waals surface area contributed by atoms with Crippen LogP contribution < -0.4 is 10.6 Å². The first kappa shape index (κ1) is 17.0. The molecule has 118 valence electrons. The minimum atomic E-state index is -1.05. The number of ether oxygens (including phenoxy) is 1. The van der Waals surface area contributed by atoms with Crippen LogP contribution in [0, 0.1) is 0 Å². The molecule has 0 aliphatic heterocycles. The molecule has 8 nitrogen and oxygen atoms in total. The third-order valence-electron chi connectivity index (χ3n) is 2.47. The summed E-state index contributed by atoms with van der Waals surface area (Å²) in [6, 6.07) is 1.51. The van der Waals surface area contributed by atoms with E-state index in [9.17, 15) is 9.59 Å². The molecule has 3 N–H and O–H groups in total. The molecule has 1 heterocycles. The molecule has 8 heteroatoms. The number of nitrogens with one attached hydrogen (secondary N) is 2. The van der Waals surface area contributed by atoms with Gasteiger partial charge in [0, 0.05) is 26.7 Å². The van der Waals surface area contributed by atoms with Gasteiger partial charge < -0.3 is 20.5 Å². The summed E-state index contributed by atoms with van der Waals surface area (Å²) in [4.78, 5) is 22.2. The van der Waals surface area contributed by atoms with Crippen molar-refractivity contribution in [3.63, 3.8) is 0 Å². The van der Waals surface area contributed by atoms with E-state index in [1.807, 2.05) is 0 Å². The van der Waals surface area contributed by atoms with E-state index < -0.39 is 17.7 Å². The van der Waals surface area contributed by atoms with Crippen LogP contribution in [-0.2, 0) is 18.3 Å². The number of carboxylic acids is 1. The molecular formula is C13H22N4O4. The van der Waals surface area contributed by atoms with Crippen molar-refractivity contribution in [1.29, 1.82) is 0 Å². The average molecular weight is 298 g/mol. The molecule has 1 amide bonds. The molecule has 0 aliphatic rings. The molecule has 21 heavy (non-hydrogen) atoms. The number of hydrogen-bond acceptors (Lipinski definition) is 5. The van der Waals surface area contributed by atoms with Crippen molar-refractivity contribution >= 4 is 12.1 Å². The summed E-state index contributed by atoms with van der Waals surface area (Å²) in [6.07, 6.45) is -0.460. The van der Waals surface area contributed by atoms with Crippen LogP contribution in [0.4, 0.5) is 4.79 Å². The number of carbonyl (C=O) groups excluding carboxylic acids is 1. The Kier molecular flexibility index (Phi) is 5.71. The monoisotopic (exact) mass is 298 g/mol. The van der Waals surface area contributed by atoms with Crippen LogP contribution in [0.15, 0.2) is 6.07 Å². The lowest BCUT2D eigenvalue weighted by Crippen LogP contribution is -2.36. The molecule has 1 aromatic rings. The Morgan fingerprint density at radius 2 is 2.05 bits per heavy atom. The molecule has 0 radical (unpaired) electrons. The smallest absolute Gasteiger partial charge is 0.407 e. The van der Waals surface area contributed by atoms with Gasteiger partial charge in [-0.2, -0.15) is 5.10 Å². The van der Waals surface area contributed by atoms with Gasteiger partial charge in [-0.3, -0.25) is 4.68 Å². The molecule has 1 aromatic heterocycles. The first-order valence-electron chi connectivity index (χ1n) is 6.63. The van der Waals surface area contributed by atoms with Crippen LogP contribution in [0.5, 0.6) is 0 Å². The number of carboxylic acid groups (broad SMARTS) is 1. The predicted molar refractivity (Wildman–Crippen MR) is 76.1 cm³/mol. The van der Waals surface area contributed by atoms with Crippen LogP contribution in [0.3, 0.4) is 0 Å². The zero-order valence-corrected chi connectivity index (χ0v) is 12.8. The number of carbonyl (C=O) groups is 2. The first-order valence-corrected chi connectivity index (χ1v) is 6.63. The molecule has 0 spiro atoms. The normalized spacial score (nSPS) is 11.2. The molecule has 0 unspecified atom stereocenters. The van der Waals surface area contributed by atoms with Crippen molar-refractivity contribution in [3.05, 3.63) is 17.5 Å². The highest BCUT2D eigenvalue weighted by molar-refractivity contribution is 5.85. The van der Waals surface area contributed by atoms with E-state index in [2.05, 4.69) is 15.7 Å². The van der Waals surface area contributed by atoms with Crippen molar-refractivity contribution in [2.24, 2.45) is 7.05 Å². The van der Waals surface area contributed by atoms with Gasteiger partial charge in [0.05, 0.1) is 5.69 Å². The number of aromatic nitrogens is 2. The van der Waals surface area contributed by atoms with Gasteiger partial charge in [0.1, 0.15) is 5.60 Å². The predicted octanol–water partition coefficient (Wildman–Crippen LogP) is 0.733. The Morgan fingerprint density at radius 1 is 1.38 bits per heavy atom. The van der Waals surface area contributed by atoms with Crippen LogP contribution in [0.25, 0.3) is 0 Å².